The lowest BCUT2D eigenvalue weighted by Gasteiger charge is -2.31. The molecule has 1 fully saturated rings. The number of likely N-dealkylation sites (tertiary alicyclic amines) is 1. The molecule has 2 unspecified atom stereocenters. The minimum absolute atomic E-state index is 0.0151. The molecule has 0 saturated carbocycles. The minimum Gasteiger partial charge on any atom is -0.341 e. The zero-order chi connectivity index (χ0) is 13.2. The van der Waals surface area contributed by atoms with Crippen LogP contribution < -0.4 is 0 Å². The van der Waals surface area contributed by atoms with Crippen LogP contribution >= 0.6 is 11.8 Å². The van der Waals surface area contributed by atoms with Crippen LogP contribution in [0, 0.1) is 17.2 Å². The van der Waals surface area contributed by atoms with E-state index >= 15 is 0 Å². The SMILES string of the molecule is N#CC1CCCN(C(=O)C2CSc3ccccc32)C1. The molecular weight excluding hydrogens is 256 g/mol. The van der Waals surface area contributed by atoms with Gasteiger partial charge in [0, 0.05) is 23.7 Å². The standard InChI is InChI=1S/C15H16N2OS/c16-8-11-4-3-7-17(9-11)15(18)13-10-19-14-6-2-1-5-12(13)14/h1-2,5-6,11,13H,3-4,7,9-10H2. The van der Waals surface area contributed by atoms with Crippen molar-refractivity contribution in [1.29, 1.82) is 5.26 Å². The largest absolute Gasteiger partial charge is 0.341 e. The van der Waals surface area contributed by atoms with Gasteiger partial charge < -0.3 is 4.90 Å². The van der Waals surface area contributed by atoms with E-state index in [-0.39, 0.29) is 17.7 Å². The summed E-state index contributed by atoms with van der Waals surface area (Å²) in [5.74, 6) is 1.05. The number of carbonyl (C=O) groups is 1. The van der Waals surface area contributed by atoms with Crippen LogP contribution in [0.2, 0.25) is 0 Å². The predicted octanol–water partition coefficient (Wildman–Crippen LogP) is 2.64. The van der Waals surface area contributed by atoms with Crippen molar-refractivity contribution in [3.63, 3.8) is 0 Å². The first-order chi connectivity index (χ1) is 9.29. The first-order valence-corrected chi connectivity index (χ1v) is 7.68. The molecule has 19 heavy (non-hydrogen) atoms. The molecular formula is C15H16N2OS. The number of hydrogen-bond donors (Lipinski definition) is 0. The Morgan fingerprint density at radius 3 is 3.11 bits per heavy atom. The Bertz CT molecular complexity index is 537. The molecule has 3 rings (SSSR count). The molecule has 2 heterocycles. The van der Waals surface area contributed by atoms with Crippen molar-refractivity contribution < 1.29 is 4.79 Å². The molecule has 98 valence electrons. The average molecular weight is 272 g/mol. The maximum absolute atomic E-state index is 12.6. The highest BCUT2D eigenvalue weighted by molar-refractivity contribution is 7.99. The van der Waals surface area contributed by atoms with Gasteiger partial charge in [-0.2, -0.15) is 5.26 Å². The zero-order valence-corrected chi connectivity index (χ0v) is 11.5. The molecule has 0 radical (unpaired) electrons. The number of fused-ring (bicyclic) bond motifs is 1. The summed E-state index contributed by atoms with van der Waals surface area (Å²) in [7, 11) is 0. The fourth-order valence-corrected chi connectivity index (χ4v) is 4.09. The van der Waals surface area contributed by atoms with E-state index in [4.69, 9.17) is 5.26 Å². The number of rotatable bonds is 1. The van der Waals surface area contributed by atoms with E-state index in [0.29, 0.717) is 6.54 Å². The lowest BCUT2D eigenvalue weighted by Crippen LogP contribution is -2.42. The summed E-state index contributed by atoms with van der Waals surface area (Å²) in [6.45, 7) is 1.42. The Morgan fingerprint density at radius 2 is 2.26 bits per heavy atom. The van der Waals surface area contributed by atoms with Gasteiger partial charge in [0.05, 0.1) is 17.9 Å². The Morgan fingerprint density at radius 1 is 1.42 bits per heavy atom. The molecule has 4 heteroatoms. The van der Waals surface area contributed by atoms with E-state index in [9.17, 15) is 4.79 Å². The molecule has 0 aromatic heterocycles. The van der Waals surface area contributed by atoms with Crippen molar-refractivity contribution in [2.75, 3.05) is 18.8 Å². The smallest absolute Gasteiger partial charge is 0.231 e. The molecule has 2 atom stereocenters. The molecule has 0 N–H and O–H groups in total. The number of benzene rings is 1. The van der Waals surface area contributed by atoms with Crippen molar-refractivity contribution in [3.05, 3.63) is 29.8 Å². The number of carbonyl (C=O) groups excluding carboxylic acids is 1. The summed E-state index contributed by atoms with van der Waals surface area (Å²) >= 11 is 1.76. The number of hydrogen-bond acceptors (Lipinski definition) is 3. The summed E-state index contributed by atoms with van der Waals surface area (Å²) in [6, 6.07) is 10.5. The van der Waals surface area contributed by atoms with Crippen LogP contribution in [0.5, 0.6) is 0 Å². The van der Waals surface area contributed by atoms with E-state index < -0.39 is 0 Å². The zero-order valence-electron chi connectivity index (χ0n) is 10.7. The molecule has 1 amide bonds. The van der Waals surface area contributed by atoms with Gasteiger partial charge in [0.15, 0.2) is 0 Å². The van der Waals surface area contributed by atoms with Crippen LogP contribution in [-0.4, -0.2) is 29.6 Å². The minimum atomic E-state index is -0.0151. The van der Waals surface area contributed by atoms with Gasteiger partial charge in [-0.1, -0.05) is 18.2 Å². The van der Waals surface area contributed by atoms with E-state index in [1.165, 1.54) is 4.90 Å². The predicted molar refractivity (Wildman–Crippen MR) is 74.8 cm³/mol. The fraction of sp³-hybridized carbons (Fsp3) is 0.467. The highest BCUT2D eigenvalue weighted by atomic mass is 32.2. The number of nitriles is 1. The van der Waals surface area contributed by atoms with Crippen molar-refractivity contribution in [2.45, 2.75) is 23.7 Å². The maximum atomic E-state index is 12.6. The van der Waals surface area contributed by atoms with Crippen molar-refractivity contribution in [1.82, 2.24) is 4.90 Å². The van der Waals surface area contributed by atoms with Gasteiger partial charge >= 0.3 is 0 Å². The van der Waals surface area contributed by atoms with Crippen molar-refractivity contribution in [3.8, 4) is 6.07 Å². The summed E-state index contributed by atoms with van der Waals surface area (Å²) in [6.07, 6.45) is 1.88. The van der Waals surface area contributed by atoms with E-state index in [1.54, 1.807) is 11.8 Å². The summed E-state index contributed by atoms with van der Waals surface area (Å²) < 4.78 is 0. The molecule has 1 aromatic rings. The highest BCUT2D eigenvalue weighted by Crippen LogP contribution is 2.40. The summed E-state index contributed by atoms with van der Waals surface area (Å²) in [5, 5.41) is 9.02. The van der Waals surface area contributed by atoms with E-state index in [1.807, 2.05) is 17.0 Å². The van der Waals surface area contributed by atoms with Crippen LogP contribution in [0.4, 0.5) is 0 Å². The Hall–Kier alpha value is -1.47. The Balaban J connectivity index is 1.77. The van der Waals surface area contributed by atoms with Crippen molar-refractivity contribution >= 4 is 17.7 Å². The topological polar surface area (TPSA) is 44.1 Å². The third-order valence-corrected chi connectivity index (χ3v) is 5.10. The third kappa shape index (κ3) is 2.35. The van der Waals surface area contributed by atoms with Crippen LogP contribution in [-0.2, 0) is 4.79 Å². The van der Waals surface area contributed by atoms with E-state index in [2.05, 4.69) is 18.2 Å². The molecule has 3 nitrogen and oxygen atoms in total. The molecule has 1 aromatic carbocycles. The van der Waals surface area contributed by atoms with Crippen LogP contribution in [0.15, 0.2) is 29.2 Å². The van der Waals surface area contributed by atoms with Crippen LogP contribution in [0.1, 0.15) is 24.3 Å². The summed E-state index contributed by atoms with van der Waals surface area (Å²) in [4.78, 5) is 15.8. The average Bonchev–Trinajstić information content (AvgIpc) is 2.90. The van der Waals surface area contributed by atoms with Gasteiger partial charge in [-0.3, -0.25) is 4.79 Å². The lowest BCUT2D eigenvalue weighted by molar-refractivity contribution is -0.133. The van der Waals surface area contributed by atoms with E-state index in [0.717, 1.165) is 30.7 Å². The Labute approximate surface area is 117 Å². The molecule has 0 spiro atoms. The number of nitrogens with zero attached hydrogens (tertiary/aromatic N) is 2. The maximum Gasteiger partial charge on any atom is 0.231 e. The van der Waals surface area contributed by atoms with Gasteiger partial charge in [-0.05, 0) is 24.5 Å². The van der Waals surface area contributed by atoms with Gasteiger partial charge in [-0.15, -0.1) is 11.8 Å². The number of piperidine rings is 1. The second-order valence-electron chi connectivity index (χ2n) is 5.15. The van der Waals surface area contributed by atoms with Gasteiger partial charge in [-0.25, -0.2) is 0 Å². The first kappa shape index (κ1) is 12.6. The summed E-state index contributed by atoms with van der Waals surface area (Å²) in [5.41, 5.74) is 1.16. The lowest BCUT2D eigenvalue weighted by atomic mass is 9.95. The van der Waals surface area contributed by atoms with Crippen molar-refractivity contribution in [2.24, 2.45) is 5.92 Å². The highest BCUT2D eigenvalue weighted by Gasteiger charge is 2.34. The second kappa shape index (κ2) is 5.26. The third-order valence-electron chi connectivity index (χ3n) is 3.91. The quantitative estimate of drug-likeness (QED) is 0.789. The first-order valence-electron chi connectivity index (χ1n) is 6.69. The van der Waals surface area contributed by atoms with Gasteiger partial charge in [0.2, 0.25) is 5.91 Å². The normalized spacial score (nSPS) is 25.7. The van der Waals surface area contributed by atoms with Gasteiger partial charge in [0.1, 0.15) is 0 Å². The molecule has 2 aliphatic heterocycles. The molecule has 2 aliphatic rings. The monoisotopic (exact) mass is 272 g/mol. The van der Waals surface area contributed by atoms with Gasteiger partial charge in [0.25, 0.3) is 0 Å². The molecule has 1 saturated heterocycles. The number of thioether (sulfide) groups is 1. The molecule has 0 bridgehead atoms. The number of amides is 1. The Kier molecular flexibility index (Phi) is 3.48. The second-order valence-corrected chi connectivity index (χ2v) is 6.22. The van der Waals surface area contributed by atoms with Crippen LogP contribution in [0.3, 0.4) is 0 Å². The fourth-order valence-electron chi connectivity index (χ4n) is 2.87. The molecule has 0 aliphatic carbocycles. The van der Waals surface area contributed by atoms with Crippen LogP contribution in [0.25, 0.3) is 0 Å².